The lowest BCUT2D eigenvalue weighted by molar-refractivity contribution is 0.169. The van der Waals surface area contributed by atoms with Crippen LogP contribution in [0.3, 0.4) is 0 Å². The fraction of sp³-hybridized carbons (Fsp3) is 0.300. The summed E-state index contributed by atoms with van der Waals surface area (Å²) in [5, 5.41) is 15.0. The zero-order valence-corrected chi connectivity index (χ0v) is 15.2. The molecule has 3 aromatic rings. The van der Waals surface area contributed by atoms with Crippen LogP contribution in [0.5, 0.6) is 0 Å². The van der Waals surface area contributed by atoms with Crippen molar-refractivity contribution >= 4 is 11.6 Å². The van der Waals surface area contributed by atoms with Crippen LogP contribution < -0.4 is 0 Å². The van der Waals surface area contributed by atoms with E-state index in [1.54, 1.807) is 0 Å². The molecule has 1 saturated heterocycles. The van der Waals surface area contributed by atoms with Crippen molar-refractivity contribution in [3.63, 3.8) is 0 Å². The van der Waals surface area contributed by atoms with Crippen molar-refractivity contribution < 1.29 is 9.63 Å². The fourth-order valence-corrected chi connectivity index (χ4v) is 3.53. The SMILES string of the molecule is Cc1cccc(-c2noc(C3CC(O)CN3Cc3ccc(Cl)cc3)n2)c1. The first-order valence-electron chi connectivity index (χ1n) is 8.66. The van der Waals surface area contributed by atoms with E-state index in [0.717, 1.165) is 16.7 Å². The van der Waals surface area contributed by atoms with E-state index in [1.807, 2.05) is 55.5 Å². The van der Waals surface area contributed by atoms with Crippen LogP contribution in [0.2, 0.25) is 5.02 Å². The first kappa shape index (κ1) is 17.2. The Kier molecular flexibility index (Phi) is 4.76. The molecule has 2 unspecified atom stereocenters. The van der Waals surface area contributed by atoms with Crippen LogP contribution in [-0.2, 0) is 6.54 Å². The molecule has 4 rings (SSSR count). The molecule has 1 aliphatic heterocycles. The molecule has 2 aromatic carbocycles. The van der Waals surface area contributed by atoms with Gasteiger partial charge in [0.15, 0.2) is 0 Å². The van der Waals surface area contributed by atoms with Gasteiger partial charge in [-0.2, -0.15) is 4.98 Å². The van der Waals surface area contributed by atoms with Crippen molar-refractivity contribution in [2.75, 3.05) is 6.54 Å². The summed E-state index contributed by atoms with van der Waals surface area (Å²) in [4.78, 5) is 6.76. The molecule has 2 atom stereocenters. The summed E-state index contributed by atoms with van der Waals surface area (Å²) < 4.78 is 5.54. The van der Waals surface area contributed by atoms with E-state index in [2.05, 4.69) is 15.0 Å². The first-order valence-corrected chi connectivity index (χ1v) is 9.03. The van der Waals surface area contributed by atoms with Gasteiger partial charge >= 0.3 is 0 Å². The summed E-state index contributed by atoms with van der Waals surface area (Å²) in [6.07, 6.45) is 0.185. The molecule has 1 aliphatic rings. The number of rotatable bonds is 4. The summed E-state index contributed by atoms with van der Waals surface area (Å²) >= 11 is 5.96. The summed E-state index contributed by atoms with van der Waals surface area (Å²) in [6, 6.07) is 15.7. The van der Waals surface area contributed by atoms with Gasteiger partial charge in [-0.1, -0.05) is 52.7 Å². The Morgan fingerprint density at radius 2 is 2.04 bits per heavy atom. The number of hydrogen-bond acceptors (Lipinski definition) is 5. The van der Waals surface area contributed by atoms with Gasteiger partial charge in [-0.15, -0.1) is 0 Å². The highest BCUT2D eigenvalue weighted by Crippen LogP contribution is 2.33. The predicted octanol–water partition coefficient (Wildman–Crippen LogP) is 4.01. The van der Waals surface area contributed by atoms with Crippen LogP contribution in [0.15, 0.2) is 53.1 Å². The molecule has 0 aliphatic carbocycles. The molecule has 26 heavy (non-hydrogen) atoms. The molecule has 0 radical (unpaired) electrons. The van der Waals surface area contributed by atoms with E-state index in [-0.39, 0.29) is 6.04 Å². The van der Waals surface area contributed by atoms with Crippen molar-refractivity contribution in [3.8, 4) is 11.4 Å². The third-order valence-electron chi connectivity index (χ3n) is 4.68. The average molecular weight is 370 g/mol. The molecule has 1 aromatic heterocycles. The van der Waals surface area contributed by atoms with Crippen molar-refractivity contribution in [1.82, 2.24) is 15.0 Å². The van der Waals surface area contributed by atoms with Crippen molar-refractivity contribution in [2.24, 2.45) is 0 Å². The quantitative estimate of drug-likeness (QED) is 0.753. The fourth-order valence-electron chi connectivity index (χ4n) is 3.41. The van der Waals surface area contributed by atoms with Gasteiger partial charge in [0.2, 0.25) is 11.7 Å². The third-order valence-corrected chi connectivity index (χ3v) is 4.94. The smallest absolute Gasteiger partial charge is 0.244 e. The molecule has 5 nitrogen and oxygen atoms in total. The Hall–Kier alpha value is -2.21. The van der Waals surface area contributed by atoms with Crippen LogP contribution >= 0.6 is 11.6 Å². The van der Waals surface area contributed by atoms with Gasteiger partial charge < -0.3 is 9.63 Å². The number of aromatic nitrogens is 2. The predicted molar refractivity (Wildman–Crippen MR) is 99.7 cm³/mol. The normalized spacial score (nSPS) is 20.6. The molecule has 0 bridgehead atoms. The number of halogens is 1. The molecular weight excluding hydrogens is 350 g/mol. The van der Waals surface area contributed by atoms with Crippen LogP contribution in [0.4, 0.5) is 0 Å². The first-order chi connectivity index (χ1) is 12.6. The Labute approximate surface area is 157 Å². The Morgan fingerprint density at radius 1 is 1.23 bits per heavy atom. The van der Waals surface area contributed by atoms with Gasteiger partial charge in [0, 0.05) is 23.7 Å². The molecule has 6 heteroatoms. The van der Waals surface area contributed by atoms with Crippen molar-refractivity contribution in [1.29, 1.82) is 0 Å². The number of nitrogens with zero attached hydrogens (tertiary/aromatic N) is 3. The number of aliphatic hydroxyl groups is 1. The monoisotopic (exact) mass is 369 g/mol. The summed E-state index contributed by atoms with van der Waals surface area (Å²) in [5.41, 5.74) is 3.21. The van der Waals surface area contributed by atoms with Gasteiger partial charge in [0.1, 0.15) is 0 Å². The largest absolute Gasteiger partial charge is 0.392 e. The molecule has 1 N–H and O–H groups in total. The number of hydrogen-bond donors (Lipinski definition) is 1. The van der Waals surface area contributed by atoms with Crippen molar-refractivity contribution in [2.45, 2.75) is 32.0 Å². The van der Waals surface area contributed by atoms with Crippen LogP contribution in [0.1, 0.15) is 29.5 Å². The minimum Gasteiger partial charge on any atom is -0.392 e. The van der Waals surface area contributed by atoms with E-state index in [0.29, 0.717) is 36.2 Å². The number of β-amino-alcohol motifs (C(OH)–C–C–N with tert-alkyl or cyclic N) is 1. The molecular formula is C20H20ClN3O2. The maximum Gasteiger partial charge on any atom is 0.244 e. The van der Waals surface area contributed by atoms with E-state index in [4.69, 9.17) is 16.1 Å². The number of aliphatic hydroxyl groups excluding tert-OH is 1. The van der Waals surface area contributed by atoms with Gasteiger partial charge in [-0.25, -0.2) is 0 Å². The number of likely N-dealkylation sites (tertiary alicyclic amines) is 1. The lowest BCUT2D eigenvalue weighted by atomic mass is 10.1. The summed E-state index contributed by atoms with van der Waals surface area (Å²) in [5.74, 6) is 1.13. The van der Waals surface area contributed by atoms with E-state index in [1.165, 1.54) is 0 Å². The van der Waals surface area contributed by atoms with Gasteiger partial charge in [0.05, 0.1) is 12.1 Å². The summed E-state index contributed by atoms with van der Waals surface area (Å²) in [6.45, 7) is 3.31. The van der Waals surface area contributed by atoms with Crippen LogP contribution in [-0.4, -0.2) is 32.8 Å². The molecule has 0 amide bonds. The minimum atomic E-state index is -0.401. The molecule has 0 spiro atoms. The number of aryl methyl sites for hydroxylation is 1. The minimum absolute atomic E-state index is 0.0910. The lowest BCUT2D eigenvalue weighted by Gasteiger charge is -2.21. The lowest BCUT2D eigenvalue weighted by Crippen LogP contribution is -2.24. The van der Waals surface area contributed by atoms with Gasteiger partial charge in [-0.05, 0) is 37.1 Å². The average Bonchev–Trinajstić information content (AvgIpc) is 3.24. The molecule has 2 heterocycles. The zero-order chi connectivity index (χ0) is 18.1. The van der Waals surface area contributed by atoms with Crippen LogP contribution in [0, 0.1) is 6.92 Å². The third kappa shape index (κ3) is 3.65. The molecule has 0 saturated carbocycles. The van der Waals surface area contributed by atoms with Gasteiger partial charge in [-0.3, -0.25) is 4.90 Å². The molecule has 134 valence electrons. The zero-order valence-electron chi connectivity index (χ0n) is 14.5. The Balaban J connectivity index is 1.56. The highest BCUT2D eigenvalue weighted by molar-refractivity contribution is 6.30. The second kappa shape index (κ2) is 7.19. The second-order valence-electron chi connectivity index (χ2n) is 6.79. The maximum absolute atomic E-state index is 10.2. The van der Waals surface area contributed by atoms with E-state index >= 15 is 0 Å². The topological polar surface area (TPSA) is 62.4 Å². The Morgan fingerprint density at radius 3 is 2.81 bits per heavy atom. The standard InChI is InChI=1S/C20H20ClN3O2/c1-13-3-2-4-15(9-13)19-22-20(26-23-19)18-10-17(25)12-24(18)11-14-5-7-16(21)8-6-14/h2-9,17-18,25H,10-12H2,1H3. The second-order valence-corrected chi connectivity index (χ2v) is 7.22. The molecule has 1 fully saturated rings. The van der Waals surface area contributed by atoms with E-state index in [9.17, 15) is 5.11 Å². The maximum atomic E-state index is 10.2. The highest BCUT2D eigenvalue weighted by Gasteiger charge is 2.35. The summed E-state index contributed by atoms with van der Waals surface area (Å²) in [7, 11) is 0. The Bertz CT molecular complexity index is 894. The van der Waals surface area contributed by atoms with Crippen LogP contribution in [0.25, 0.3) is 11.4 Å². The van der Waals surface area contributed by atoms with Gasteiger partial charge in [0.25, 0.3) is 0 Å². The highest BCUT2D eigenvalue weighted by atomic mass is 35.5. The van der Waals surface area contributed by atoms with E-state index < -0.39 is 6.10 Å². The van der Waals surface area contributed by atoms with Crippen molar-refractivity contribution in [3.05, 3.63) is 70.6 Å². The number of benzene rings is 2.